The number of carbonyl (C=O) groups excluding carboxylic acids is 1. The molecular weight excluding hydrogens is 304 g/mol. The van der Waals surface area contributed by atoms with Crippen LogP contribution in [0.2, 0.25) is 0 Å². The minimum absolute atomic E-state index is 0.0921. The minimum atomic E-state index is -0.307. The van der Waals surface area contributed by atoms with Gasteiger partial charge in [0.15, 0.2) is 0 Å². The summed E-state index contributed by atoms with van der Waals surface area (Å²) in [6.07, 6.45) is 0.800. The van der Waals surface area contributed by atoms with Crippen LogP contribution >= 0.6 is 0 Å². The van der Waals surface area contributed by atoms with Crippen molar-refractivity contribution in [2.45, 2.75) is 32.9 Å². The average molecular weight is 328 g/mol. The number of hydrogen-bond acceptors (Lipinski definition) is 4. The lowest BCUT2D eigenvalue weighted by atomic mass is 10.0. The summed E-state index contributed by atoms with van der Waals surface area (Å²) in [5.41, 5.74) is 6.93. The standard InChI is InChI=1S/C18H24N4O2/c1-13(2)10-15(11-19)20-17(23)12-22-18(24)9-8-16(21-22)14-6-4-3-5-7-14/h3-9,13,15H,10-12,19H2,1-2H3,(H,20,23). The number of nitrogens with two attached hydrogens (primary N) is 1. The molecule has 0 aliphatic rings. The SMILES string of the molecule is CC(C)CC(CN)NC(=O)Cn1nc(-c2ccccc2)ccc1=O. The van der Waals surface area contributed by atoms with Gasteiger partial charge in [0.2, 0.25) is 5.91 Å². The number of hydrogen-bond donors (Lipinski definition) is 2. The van der Waals surface area contributed by atoms with E-state index in [1.165, 1.54) is 10.7 Å². The summed E-state index contributed by atoms with van der Waals surface area (Å²) in [4.78, 5) is 24.2. The first-order valence-corrected chi connectivity index (χ1v) is 8.12. The normalized spacial score (nSPS) is 12.2. The second-order valence-corrected chi connectivity index (χ2v) is 6.21. The van der Waals surface area contributed by atoms with E-state index in [-0.39, 0.29) is 24.1 Å². The number of benzene rings is 1. The van der Waals surface area contributed by atoms with Gasteiger partial charge in [-0.2, -0.15) is 5.10 Å². The van der Waals surface area contributed by atoms with Crippen molar-refractivity contribution in [3.63, 3.8) is 0 Å². The maximum Gasteiger partial charge on any atom is 0.267 e. The molecule has 1 aromatic heterocycles. The van der Waals surface area contributed by atoms with Crippen LogP contribution in [0.3, 0.4) is 0 Å². The number of nitrogens with one attached hydrogen (secondary N) is 1. The summed E-state index contributed by atoms with van der Waals surface area (Å²) in [6.45, 7) is 4.40. The van der Waals surface area contributed by atoms with Crippen LogP contribution in [0, 0.1) is 5.92 Å². The van der Waals surface area contributed by atoms with Crippen molar-refractivity contribution < 1.29 is 4.79 Å². The van der Waals surface area contributed by atoms with E-state index < -0.39 is 0 Å². The molecule has 24 heavy (non-hydrogen) atoms. The zero-order valence-electron chi connectivity index (χ0n) is 14.1. The second kappa shape index (κ2) is 8.40. The van der Waals surface area contributed by atoms with Gasteiger partial charge in [-0.25, -0.2) is 4.68 Å². The van der Waals surface area contributed by atoms with Gasteiger partial charge in [-0.3, -0.25) is 9.59 Å². The molecule has 6 heteroatoms. The first kappa shape index (κ1) is 17.9. The molecule has 0 aliphatic heterocycles. The zero-order valence-corrected chi connectivity index (χ0v) is 14.1. The molecule has 2 rings (SSSR count). The number of carbonyl (C=O) groups is 1. The number of nitrogens with zero attached hydrogens (tertiary/aromatic N) is 2. The van der Waals surface area contributed by atoms with Gasteiger partial charge in [-0.05, 0) is 18.4 Å². The van der Waals surface area contributed by atoms with E-state index in [9.17, 15) is 9.59 Å². The summed E-state index contributed by atoms with van der Waals surface area (Å²) >= 11 is 0. The van der Waals surface area contributed by atoms with Crippen molar-refractivity contribution in [2.75, 3.05) is 6.54 Å². The Balaban J connectivity index is 2.11. The third kappa shape index (κ3) is 5.03. The molecule has 0 saturated carbocycles. The topological polar surface area (TPSA) is 90.0 Å². The maximum absolute atomic E-state index is 12.2. The third-order valence-corrected chi connectivity index (χ3v) is 3.64. The Hall–Kier alpha value is -2.47. The Morgan fingerprint density at radius 3 is 2.54 bits per heavy atom. The van der Waals surface area contributed by atoms with E-state index in [4.69, 9.17) is 5.73 Å². The molecule has 1 amide bonds. The van der Waals surface area contributed by atoms with Crippen LogP contribution in [0.5, 0.6) is 0 Å². The Labute approximate surface area is 141 Å². The van der Waals surface area contributed by atoms with Crippen LogP contribution in [0.15, 0.2) is 47.3 Å². The fraction of sp³-hybridized carbons (Fsp3) is 0.389. The molecule has 0 fully saturated rings. The zero-order chi connectivity index (χ0) is 17.5. The van der Waals surface area contributed by atoms with Gasteiger partial charge in [-0.15, -0.1) is 0 Å². The van der Waals surface area contributed by atoms with E-state index in [0.717, 1.165) is 12.0 Å². The molecule has 1 unspecified atom stereocenters. The van der Waals surface area contributed by atoms with Crippen molar-refractivity contribution in [3.05, 3.63) is 52.8 Å². The molecule has 0 radical (unpaired) electrons. The Bertz CT molecular complexity index is 725. The monoisotopic (exact) mass is 328 g/mol. The van der Waals surface area contributed by atoms with E-state index in [1.807, 2.05) is 30.3 Å². The molecule has 1 heterocycles. The van der Waals surface area contributed by atoms with Crippen LogP contribution in [0.1, 0.15) is 20.3 Å². The highest BCUT2D eigenvalue weighted by Gasteiger charge is 2.14. The van der Waals surface area contributed by atoms with Crippen molar-refractivity contribution in [3.8, 4) is 11.3 Å². The fourth-order valence-electron chi connectivity index (χ4n) is 2.52. The van der Waals surface area contributed by atoms with Gasteiger partial charge in [0.25, 0.3) is 5.56 Å². The largest absolute Gasteiger partial charge is 0.350 e. The first-order valence-electron chi connectivity index (χ1n) is 8.12. The van der Waals surface area contributed by atoms with E-state index in [2.05, 4.69) is 24.3 Å². The van der Waals surface area contributed by atoms with Crippen molar-refractivity contribution in [1.82, 2.24) is 15.1 Å². The lowest BCUT2D eigenvalue weighted by Gasteiger charge is -2.19. The van der Waals surface area contributed by atoms with Crippen LogP contribution < -0.4 is 16.6 Å². The van der Waals surface area contributed by atoms with Gasteiger partial charge in [0, 0.05) is 24.2 Å². The molecule has 3 N–H and O–H groups in total. The molecule has 0 spiro atoms. The summed E-state index contributed by atoms with van der Waals surface area (Å²) in [7, 11) is 0. The first-order chi connectivity index (χ1) is 11.5. The van der Waals surface area contributed by atoms with Gasteiger partial charge in [-0.1, -0.05) is 44.2 Å². The van der Waals surface area contributed by atoms with Crippen molar-refractivity contribution >= 4 is 5.91 Å². The Morgan fingerprint density at radius 2 is 1.92 bits per heavy atom. The number of rotatable bonds is 7. The van der Waals surface area contributed by atoms with Gasteiger partial charge < -0.3 is 11.1 Å². The fourth-order valence-corrected chi connectivity index (χ4v) is 2.52. The van der Waals surface area contributed by atoms with Gasteiger partial charge in [0.1, 0.15) is 6.54 Å². The van der Waals surface area contributed by atoms with E-state index in [0.29, 0.717) is 18.2 Å². The summed E-state index contributed by atoms with van der Waals surface area (Å²) in [5, 5.41) is 7.16. The quantitative estimate of drug-likeness (QED) is 0.804. The second-order valence-electron chi connectivity index (χ2n) is 6.21. The third-order valence-electron chi connectivity index (χ3n) is 3.64. The highest BCUT2D eigenvalue weighted by molar-refractivity contribution is 5.76. The lowest BCUT2D eigenvalue weighted by molar-refractivity contribution is -0.122. The van der Waals surface area contributed by atoms with Crippen LogP contribution in [0.25, 0.3) is 11.3 Å². The highest BCUT2D eigenvalue weighted by Crippen LogP contribution is 2.13. The molecule has 6 nitrogen and oxygen atoms in total. The molecule has 0 bridgehead atoms. The smallest absolute Gasteiger partial charge is 0.267 e. The minimum Gasteiger partial charge on any atom is -0.350 e. The molecule has 1 aromatic carbocycles. The van der Waals surface area contributed by atoms with Crippen LogP contribution in [-0.2, 0) is 11.3 Å². The predicted octanol–water partition coefficient (Wildman–Crippen LogP) is 1.40. The maximum atomic E-state index is 12.2. The van der Waals surface area contributed by atoms with Gasteiger partial charge >= 0.3 is 0 Å². The predicted molar refractivity (Wildman–Crippen MR) is 94.4 cm³/mol. The van der Waals surface area contributed by atoms with Crippen molar-refractivity contribution in [2.24, 2.45) is 11.7 Å². The molecular formula is C18H24N4O2. The molecule has 1 atom stereocenters. The van der Waals surface area contributed by atoms with E-state index in [1.54, 1.807) is 6.07 Å². The summed E-state index contributed by atoms with van der Waals surface area (Å²) in [5.74, 6) is 0.173. The Kier molecular flexibility index (Phi) is 6.26. The molecule has 128 valence electrons. The molecule has 2 aromatic rings. The van der Waals surface area contributed by atoms with Crippen molar-refractivity contribution in [1.29, 1.82) is 0 Å². The average Bonchev–Trinajstić information content (AvgIpc) is 2.56. The highest BCUT2D eigenvalue weighted by atomic mass is 16.2. The van der Waals surface area contributed by atoms with E-state index >= 15 is 0 Å². The summed E-state index contributed by atoms with van der Waals surface area (Å²) < 4.78 is 1.18. The molecule has 0 saturated heterocycles. The molecule has 0 aliphatic carbocycles. The van der Waals surface area contributed by atoms with Crippen LogP contribution in [-0.4, -0.2) is 28.3 Å². The number of aromatic nitrogens is 2. The Morgan fingerprint density at radius 1 is 1.21 bits per heavy atom. The lowest BCUT2D eigenvalue weighted by Crippen LogP contribution is -2.43. The summed E-state index contributed by atoms with van der Waals surface area (Å²) in [6, 6.07) is 12.5. The van der Waals surface area contributed by atoms with Gasteiger partial charge in [0.05, 0.1) is 5.69 Å². The number of amides is 1. The van der Waals surface area contributed by atoms with Crippen LogP contribution in [0.4, 0.5) is 0 Å².